The van der Waals surface area contributed by atoms with Crippen molar-refractivity contribution in [2.75, 3.05) is 0 Å². The minimum atomic E-state index is -1.52. The summed E-state index contributed by atoms with van der Waals surface area (Å²) in [6.07, 6.45) is 6.32. The van der Waals surface area contributed by atoms with Crippen molar-refractivity contribution in [3.05, 3.63) is 0 Å². The van der Waals surface area contributed by atoms with E-state index in [9.17, 15) is 14.7 Å². The highest BCUT2D eigenvalue weighted by Crippen LogP contribution is 2.40. The monoisotopic (exact) mass is 300 g/mol. The van der Waals surface area contributed by atoms with E-state index in [1.807, 2.05) is 6.92 Å². The summed E-state index contributed by atoms with van der Waals surface area (Å²) in [5, 5.41) is 9.42. The van der Waals surface area contributed by atoms with Crippen molar-refractivity contribution >= 4 is 11.9 Å². The van der Waals surface area contributed by atoms with E-state index in [1.165, 1.54) is 26.2 Å². The molecule has 4 heteroatoms. The Hall–Kier alpha value is -1.06. The average molecular weight is 300 g/mol. The molecule has 0 fully saturated rings. The summed E-state index contributed by atoms with van der Waals surface area (Å²) in [4.78, 5) is 23.8. The van der Waals surface area contributed by atoms with Gasteiger partial charge in [0.15, 0.2) is 5.41 Å². The van der Waals surface area contributed by atoms with E-state index in [0.29, 0.717) is 0 Å². The molecule has 124 valence electrons. The number of hydrogen-bond acceptors (Lipinski definition) is 3. The summed E-state index contributed by atoms with van der Waals surface area (Å²) in [6, 6.07) is 0. The molecule has 0 saturated heterocycles. The van der Waals surface area contributed by atoms with E-state index in [-0.39, 0.29) is 6.10 Å². The summed E-state index contributed by atoms with van der Waals surface area (Å²) in [5.41, 5.74) is -2.22. The molecular weight excluding hydrogens is 268 g/mol. The van der Waals surface area contributed by atoms with Gasteiger partial charge in [0.1, 0.15) is 0 Å². The molecule has 0 amide bonds. The zero-order chi connectivity index (χ0) is 16.7. The van der Waals surface area contributed by atoms with Gasteiger partial charge in [-0.1, -0.05) is 53.4 Å². The maximum Gasteiger partial charge on any atom is 0.324 e. The van der Waals surface area contributed by atoms with Crippen LogP contribution in [0.1, 0.15) is 80.1 Å². The number of ether oxygens (including phenoxy) is 1. The largest absolute Gasteiger partial charge is 0.480 e. The van der Waals surface area contributed by atoms with Crippen molar-refractivity contribution < 1.29 is 19.4 Å². The molecule has 0 aliphatic carbocycles. The Morgan fingerprint density at radius 2 is 1.57 bits per heavy atom. The smallest absolute Gasteiger partial charge is 0.324 e. The van der Waals surface area contributed by atoms with Crippen molar-refractivity contribution in [1.82, 2.24) is 0 Å². The van der Waals surface area contributed by atoms with Crippen LogP contribution < -0.4 is 0 Å². The van der Waals surface area contributed by atoms with Crippen molar-refractivity contribution in [3.8, 4) is 0 Å². The average Bonchev–Trinajstić information content (AvgIpc) is 2.35. The van der Waals surface area contributed by atoms with Crippen molar-refractivity contribution in [2.24, 2.45) is 10.8 Å². The van der Waals surface area contributed by atoms with Crippen molar-refractivity contribution in [2.45, 2.75) is 86.2 Å². The van der Waals surface area contributed by atoms with Gasteiger partial charge in [0.05, 0.1) is 6.10 Å². The fourth-order valence-electron chi connectivity index (χ4n) is 2.11. The minimum Gasteiger partial charge on any atom is -0.480 e. The predicted octanol–water partition coefficient (Wildman–Crippen LogP) is 4.42. The maximum atomic E-state index is 12.3. The van der Waals surface area contributed by atoms with Crippen molar-refractivity contribution in [3.63, 3.8) is 0 Å². The third kappa shape index (κ3) is 5.68. The van der Waals surface area contributed by atoms with Crippen LogP contribution in [-0.2, 0) is 14.3 Å². The van der Waals surface area contributed by atoms with E-state index in [0.717, 1.165) is 19.3 Å². The van der Waals surface area contributed by atoms with Crippen LogP contribution in [0.2, 0.25) is 0 Å². The van der Waals surface area contributed by atoms with Gasteiger partial charge in [-0.25, -0.2) is 0 Å². The van der Waals surface area contributed by atoms with E-state index in [2.05, 4.69) is 6.92 Å². The highest BCUT2D eigenvalue weighted by atomic mass is 16.5. The lowest BCUT2D eigenvalue weighted by Gasteiger charge is -2.36. The van der Waals surface area contributed by atoms with Crippen LogP contribution in [0.5, 0.6) is 0 Å². The predicted molar refractivity (Wildman–Crippen MR) is 84.1 cm³/mol. The first-order chi connectivity index (χ1) is 9.57. The van der Waals surface area contributed by atoms with Crippen LogP contribution in [0.3, 0.4) is 0 Å². The van der Waals surface area contributed by atoms with Gasteiger partial charge in [-0.3, -0.25) is 9.59 Å². The van der Waals surface area contributed by atoms with Gasteiger partial charge >= 0.3 is 11.9 Å². The lowest BCUT2D eigenvalue weighted by Crippen LogP contribution is -2.48. The fourth-order valence-corrected chi connectivity index (χ4v) is 2.11. The number of carbonyl (C=O) groups excluding carboxylic acids is 1. The molecule has 2 unspecified atom stereocenters. The summed E-state index contributed by atoms with van der Waals surface area (Å²) < 4.78 is 5.39. The molecule has 0 saturated carbocycles. The molecule has 1 N–H and O–H groups in total. The molecule has 21 heavy (non-hydrogen) atoms. The Kier molecular flexibility index (Phi) is 7.98. The quantitative estimate of drug-likeness (QED) is 0.389. The normalized spacial score (nSPS) is 16.1. The molecule has 0 aliphatic heterocycles. The van der Waals surface area contributed by atoms with Gasteiger partial charge in [0.25, 0.3) is 0 Å². The second-order valence-corrected chi connectivity index (χ2v) is 7.10. The van der Waals surface area contributed by atoms with Gasteiger partial charge in [0, 0.05) is 0 Å². The van der Waals surface area contributed by atoms with Crippen LogP contribution in [0, 0.1) is 10.8 Å². The number of esters is 1. The Balaban J connectivity index is 4.48. The number of carboxylic acid groups (broad SMARTS) is 1. The minimum absolute atomic E-state index is 0.236. The van der Waals surface area contributed by atoms with Gasteiger partial charge in [0.2, 0.25) is 0 Å². The first-order valence-electron chi connectivity index (χ1n) is 8.01. The molecule has 0 aliphatic rings. The van der Waals surface area contributed by atoms with Crippen LogP contribution in [0.4, 0.5) is 0 Å². The Labute approximate surface area is 129 Å². The third-order valence-corrected chi connectivity index (χ3v) is 4.36. The zero-order valence-electron chi connectivity index (χ0n) is 14.5. The van der Waals surface area contributed by atoms with Crippen LogP contribution >= 0.6 is 0 Å². The van der Waals surface area contributed by atoms with Gasteiger partial charge < -0.3 is 9.84 Å². The fraction of sp³-hybridized carbons (Fsp3) is 0.882. The SMILES string of the molecule is CCCCCCCC(C)OC(=O)C(C)(C(=O)O)C(C)(C)C. The molecule has 0 aromatic rings. The zero-order valence-corrected chi connectivity index (χ0v) is 14.5. The highest BCUT2D eigenvalue weighted by molar-refractivity contribution is 5.99. The number of hydrogen-bond donors (Lipinski definition) is 1. The molecule has 0 aromatic carbocycles. The first kappa shape index (κ1) is 19.9. The summed E-state index contributed by atoms with van der Waals surface area (Å²) >= 11 is 0. The van der Waals surface area contributed by atoms with E-state index in [4.69, 9.17) is 4.74 Å². The lowest BCUT2D eigenvalue weighted by molar-refractivity contribution is -0.179. The molecule has 0 radical (unpaired) electrons. The maximum absolute atomic E-state index is 12.3. The summed E-state index contributed by atoms with van der Waals surface area (Å²) in [7, 11) is 0. The summed E-state index contributed by atoms with van der Waals surface area (Å²) in [6.45, 7) is 10.7. The van der Waals surface area contributed by atoms with Crippen LogP contribution in [0.25, 0.3) is 0 Å². The van der Waals surface area contributed by atoms with E-state index in [1.54, 1.807) is 20.8 Å². The number of rotatable bonds is 9. The van der Waals surface area contributed by atoms with E-state index < -0.39 is 22.8 Å². The standard InChI is InChI=1S/C17H32O4/c1-7-8-9-10-11-12-13(2)21-15(20)17(6,14(18)19)16(3,4)5/h13H,7-12H2,1-6H3,(H,18,19). The Morgan fingerprint density at radius 1 is 1.05 bits per heavy atom. The lowest BCUT2D eigenvalue weighted by atomic mass is 9.68. The number of aliphatic carboxylic acids is 1. The first-order valence-corrected chi connectivity index (χ1v) is 8.01. The van der Waals surface area contributed by atoms with Gasteiger partial charge in [-0.05, 0) is 32.1 Å². The second-order valence-electron chi connectivity index (χ2n) is 7.10. The number of carbonyl (C=O) groups is 2. The molecule has 0 bridgehead atoms. The molecule has 0 spiro atoms. The highest BCUT2D eigenvalue weighted by Gasteiger charge is 2.52. The Bertz CT molecular complexity index is 343. The van der Waals surface area contributed by atoms with E-state index >= 15 is 0 Å². The molecular formula is C17H32O4. The third-order valence-electron chi connectivity index (χ3n) is 4.36. The molecule has 0 rings (SSSR count). The summed E-state index contributed by atoms with van der Waals surface area (Å²) in [5.74, 6) is -1.77. The number of carboxylic acids is 1. The Morgan fingerprint density at radius 3 is 2.00 bits per heavy atom. The topological polar surface area (TPSA) is 63.6 Å². The second kappa shape index (κ2) is 8.40. The van der Waals surface area contributed by atoms with Crippen LogP contribution in [-0.4, -0.2) is 23.1 Å². The molecule has 2 atom stereocenters. The van der Waals surface area contributed by atoms with Crippen LogP contribution in [0.15, 0.2) is 0 Å². The molecule has 4 nitrogen and oxygen atoms in total. The number of unbranched alkanes of at least 4 members (excludes halogenated alkanes) is 4. The van der Waals surface area contributed by atoms with Gasteiger partial charge in [-0.2, -0.15) is 0 Å². The van der Waals surface area contributed by atoms with Crippen molar-refractivity contribution in [1.29, 1.82) is 0 Å². The molecule has 0 aromatic heterocycles. The molecule has 0 heterocycles. The van der Waals surface area contributed by atoms with Gasteiger partial charge in [-0.15, -0.1) is 0 Å².